The Labute approximate surface area is 136 Å². The Morgan fingerprint density at radius 1 is 1.09 bits per heavy atom. The SMILES string of the molecule is C=CCOC(=O)CCC(NC(=O)OC(C)(C)C)C(=O)OCC=C. The van der Waals surface area contributed by atoms with E-state index in [1.807, 2.05) is 0 Å². The Morgan fingerprint density at radius 3 is 2.17 bits per heavy atom. The zero-order chi connectivity index (χ0) is 17.9. The normalized spacial score (nSPS) is 11.8. The van der Waals surface area contributed by atoms with E-state index in [0.717, 1.165) is 0 Å². The van der Waals surface area contributed by atoms with E-state index in [-0.39, 0.29) is 26.1 Å². The largest absolute Gasteiger partial charge is 0.461 e. The maximum absolute atomic E-state index is 11.9. The van der Waals surface area contributed by atoms with Gasteiger partial charge in [-0.3, -0.25) is 4.79 Å². The molecule has 23 heavy (non-hydrogen) atoms. The Balaban J connectivity index is 4.64. The molecule has 130 valence electrons. The summed E-state index contributed by atoms with van der Waals surface area (Å²) in [6, 6.07) is -1.01. The molecular formula is C16H25NO6. The Hall–Kier alpha value is -2.31. The zero-order valence-corrected chi connectivity index (χ0v) is 13.9. The van der Waals surface area contributed by atoms with Crippen LogP contribution < -0.4 is 5.32 Å². The van der Waals surface area contributed by atoms with Crippen molar-refractivity contribution in [3.63, 3.8) is 0 Å². The van der Waals surface area contributed by atoms with E-state index in [4.69, 9.17) is 14.2 Å². The molecule has 0 aliphatic rings. The van der Waals surface area contributed by atoms with Crippen LogP contribution in [-0.2, 0) is 23.8 Å². The average Bonchev–Trinajstić information content (AvgIpc) is 2.44. The molecule has 0 saturated carbocycles. The topological polar surface area (TPSA) is 90.9 Å². The molecule has 0 heterocycles. The third-order valence-corrected chi connectivity index (χ3v) is 2.32. The van der Waals surface area contributed by atoms with E-state index in [1.165, 1.54) is 12.2 Å². The molecule has 0 aromatic carbocycles. The number of nitrogens with one attached hydrogen (secondary N) is 1. The van der Waals surface area contributed by atoms with Crippen LogP contribution in [0.15, 0.2) is 25.3 Å². The lowest BCUT2D eigenvalue weighted by molar-refractivity contribution is -0.146. The minimum absolute atomic E-state index is 0.00619. The fourth-order valence-corrected chi connectivity index (χ4v) is 1.43. The standard InChI is InChI=1S/C16H25NO6/c1-6-10-21-13(18)9-8-12(14(19)22-11-7-2)17-15(20)23-16(3,4)5/h6-7,12H,1-2,8-11H2,3-5H3,(H,17,20). The number of esters is 2. The maximum atomic E-state index is 11.9. The molecule has 1 unspecified atom stereocenters. The van der Waals surface area contributed by atoms with E-state index in [1.54, 1.807) is 20.8 Å². The molecule has 0 radical (unpaired) electrons. The van der Waals surface area contributed by atoms with Crippen LogP contribution in [0.5, 0.6) is 0 Å². The lowest BCUT2D eigenvalue weighted by atomic mass is 10.1. The zero-order valence-electron chi connectivity index (χ0n) is 13.9. The van der Waals surface area contributed by atoms with Crippen LogP contribution in [0.2, 0.25) is 0 Å². The van der Waals surface area contributed by atoms with Gasteiger partial charge in [0, 0.05) is 6.42 Å². The van der Waals surface area contributed by atoms with Crippen LogP contribution in [0.4, 0.5) is 4.79 Å². The molecule has 0 aliphatic carbocycles. The summed E-state index contributed by atoms with van der Waals surface area (Å²) in [5.74, 6) is -1.18. The molecule has 7 heteroatoms. The highest BCUT2D eigenvalue weighted by Gasteiger charge is 2.26. The van der Waals surface area contributed by atoms with Crippen molar-refractivity contribution in [3.05, 3.63) is 25.3 Å². The summed E-state index contributed by atoms with van der Waals surface area (Å²) in [5.41, 5.74) is -0.706. The van der Waals surface area contributed by atoms with Crippen LogP contribution >= 0.6 is 0 Å². The summed E-state index contributed by atoms with van der Waals surface area (Å²) in [5, 5.41) is 2.40. The second-order valence-corrected chi connectivity index (χ2v) is 5.63. The van der Waals surface area contributed by atoms with E-state index in [0.29, 0.717) is 0 Å². The fraction of sp³-hybridized carbons (Fsp3) is 0.562. The number of amides is 1. The van der Waals surface area contributed by atoms with Crippen molar-refractivity contribution in [1.82, 2.24) is 5.32 Å². The van der Waals surface area contributed by atoms with Crippen molar-refractivity contribution >= 4 is 18.0 Å². The monoisotopic (exact) mass is 327 g/mol. The average molecular weight is 327 g/mol. The number of ether oxygens (including phenoxy) is 3. The minimum Gasteiger partial charge on any atom is -0.461 e. The number of alkyl carbamates (subject to hydrolysis) is 1. The molecule has 0 saturated heterocycles. The van der Waals surface area contributed by atoms with Gasteiger partial charge in [-0.05, 0) is 27.2 Å². The minimum atomic E-state index is -1.01. The molecule has 1 N–H and O–H groups in total. The molecular weight excluding hydrogens is 302 g/mol. The van der Waals surface area contributed by atoms with E-state index < -0.39 is 29.7 Å². The third-order valence-electron chi connectivity index (χ3n) is 2.32. The Kier molecular flexibility index (Phi) is 9.37. The lowest BCUT2D eigenvalue weighted by Gasteiger charge is -2.22. The van der Waals surface area contributed by atoms with Crippen molar-refractivity contribution in [2.75, 3.05) is 13.2 Å². The molecule has 0 aromatic heterocycles. The predicted octanol–water partition coefficient (Wildman–Crippen LogP) is 2.12. The van der Waals surface area contributed by atoms with Crippen molar-refractivity contribution in [1.29, 1.82) is 0 Å². The van der Waals surface area contributed by atoms with E-state index >= 15 is 0 Å². The van der Waals surface area contributed by atoms with E-state index in [9.17, 15) is 14.4 Å². The van der Waals surface area contributed by atoms with Gasteiger partial charge in [-0.1, -0.05) is 25.3 Å². The van der Waals surface area contributed by atoms with Crippen molar-refractivity contribution in [3.8, 4) is 0 Å². The molecule has 0 bridgehead atoms. The van der Waals surface area contributed by atoms with Gasteiger partial charge in [0.15, 0.2) is 0 Å². The molecule has 1 amide bonds. The summed E-state index contributed by atoms with van der Waals surface area (Å²) >= 11 is 0. The highest BCUT2D eigenvalue weighted by molar-refractivity contribution is 5.82. The van der Waals surface area contributed by atoms with Crippen LogP contribution in [0, 0.1) is 0 Å². The summed E-state index contributed by atoms with van der Waals surface area (Å²) in [6.45, 7) is 12.1. The first-order valence-corrected chi connectivity index (χ1v) is 7.23. The van der Waals surface area contributed by atoms with Gasteiger partial charge in [0.25, 0.3) is 0 Å². The number of rotatable bonds is 9. The van der Waals surface area contributed by atoms with Gasteiger partial charge >= 0.3 is 18.0 Å². The molecule has 0 fully saturated rings. The predicted molar refractivity (Wildman–Crippen MR) is 84.7 cm³/mol. The summed E-state index contributed by atoms with van der Waals surface area (Å²) in [4.78, 5) is 35.2. The molecule has 0 aromatic rings. The van der Waals surface area contributed by atoms with Crippen LogP contribution in [0.1, 0.15) is 33.6 Å². The highest BCUT2D eigenvalue weighted by atomic mass is 16.6. The van der Waals surface area contributed by atoms with Crippen LogP contribution in [0.25, 0.3) is 0 Å². The lowest BCUT2D eigenvalue weighted by Crippen LogP contribution is -2.44. The van der Waals surface area contributed by atoms with E-state index in [2.05, 4.69) is 18.5 Å². The van der Waals surface area contributed by atoms with Crippen molar-refractivity contribution < 1.29 is 28.6 Å². The number of hydrogen-bond donors (Lipinski definition) is 1. The van der Waals surface area contributed by atoms with Crippen LogP contribution in [0.3, 0.4) is 0 Å². The molecule has 1 atom stereocenters. The summed E-state index contributed by atoms with van der Waals surface area (Å²) in [7, 11) is 0. The molecule has 0 spiro atoms. The molecule has 7 nitrogen and oxygen atoms in total. The first-order valence-electron chi connectivity index (χ1n) is 7.23. The first kappa shape index (κ1) is 20.7. The molecule has 0 rings (SSSR count). The van der Waals surface area contributed by atoms with Gasteiger partial charge in [0.2, 0.25) is 0 Å². The van der Waals surface area contributed by atoms with Gasteiger partial charge in [-0.25, -0.2) is 9.59 Å². The van der Waals surface area contributed by atoms with Gasteiger partial charge in [0.1, 0.15) is 24.9 Å². The Bertz CT molecular complexity index is 438. The Morgan fingerprint density at radius 2 is 1.65 bits per heavy atom. The second-order valence-electron chi connectivity index (χ2n) is 5.63. The molecule has 0 aliphatic heterocycles. The summed E-state index contributed by atoms with van der Waals surface area (Å²) in [6.07, 6.45) is 2.05. The summed E-state index contributed by atoms with van der Waals surface area (Å²) < 4.78 is 14.8. The first-order chi connectivity index (χ1) is 10.7. The van der Waals surface area contributed by atoms with Crippen LogP contribution in [-0.4, -0.2) is 42.9 Å². The maximum Gasteiger partial charge on any atom is 0.408 e. The number of carbonyl (C=O) groups excluding carboxylic acids is 3. The number of hydrogen-bond acceptors (Lipinski definition) is 6. The van der Waals surface area contributed by atoms with Crippen molar-refractivity contribution in [2.24, 2.45) is 0 Å². The quantitative estimate of drug-likeness (QED) is 0.396. The highest BCUT2D eigenvalue weighted by Crippen LogP contribution is 2.09. The fourth-order valence-electron chi connectivity index (χ4n) is 1.43. The van der Waals surface area contributed by atoms with Gasteiger partial charge in [0.05, 0.1) is 0 Å². The third kappa shape index (κ3) is 11.0. The number of carbonyl (C=O) groups is 3. The van der Waals surface area contributed by atoms with Gasteiger partial charge in [-0.15, -0.1) is 0 Å². The second kappa shape index (κ2) is 10.4. The smallest absolute Gasteiger partial charge is 0.408 e. The van der Waals surface area contributed by atoms with Gasteiger partial charge in [-0.2, -0.15) is 0 Å². The van der Waals surface area contributed by atoms with Crippen molar-refractivity contribution in [2.45, 2.75) is 45.3 Å². The van der Waals surface area contributed by atoms with Gasteiger partial charge < -0.3 is 19.5 Å².